The lowest BCUT2D eigenvalue weighted by Crippen LogP contribution is -1.84. The number of hydrogen-bond acceptors (Lipinski definition) is 4. The average molecular weight is 928 g/mol. The molecule has 4 aromatic rings. The molecule has 0 unspecified atom stereocenters. The van der Waals surface area contributed by atoms with Crippen molar-refractivity contribution < 1.29 is 0 Å². The summed E-state index contributed by atoms with van der Waals surface area (Å²) in [5, 5.41) is 0. The SMILES string of the molecule is CCCCCCCCCCCCSc1ccc(-c2ccc(SCCCCCC)cc2)cc1.CCCCCCCCCCCSc1ccc(-c2ccc(SCCCCCC)cc2)cc1. The summed E-state index contributed by atoms with van der Waals surface area (Å²) in [6.45, 7) is 9.13. The quantitative estimate of drug-likeness (QED) is 0.0326. The lowest BCUT2D eigenvalue weighted by Gasteiger charge is -2.07. The second kappa shape index (κ2) is 39.4. The van der Waals surface area contributed by atoms with Crippen molar-refractivity contribution in [3.05, 3.63) is 97.1 Å². The van der Waals surface area contributed by atoms with Crippen LogP contribution in [0.5, 0.6) is 0 Å². The highest BCUT2D eigenvalue weighted by atomic mass is 32.2. The van der Waals surface area contributed by atoms with E-state index in [1.165, 1.54) is 238 Å². The van der Waals surface area contributed by atoms with Gasteiger partial charge in [-0.25, -0.2) is 0 Å². The molecule has 4 heteroatoms. The van der Waals surface area contributed by atoms with Crippen LogP contribution >= 0.6 is 47.0 Å². The lowest BCUT2D eigenvalue weighted by atomic mass is 10.1. The normalized spacial score (nSPS) is 11.2. The Hall–Kier alpha value is -1.72. The van der Waals surface area contributed by atoms with E-state index in [2.05, 4.69) is 125 Å². The van der Waals surface area contributed by atoms with Crippen LogP contribution in [0.4, 0.5) is 0 Å². The minimum Gasteiger partial charge on any atom is -0.126 e. The fraction of sp³-hybridized carbons (Fsp3) is 0.593. The van der Waals surface area contributed by atoms with E-state index in [0.29, 0.717) is 0 Å². The van der Waals surface area contributed by atoms with E-state index in [1.54, 1.807) is 0 Å². The highest BCUT2D eigenvalue weighted by Crippen LogP contribution is 2.30. The Morgan fingerprint density at radius 3 is 0.556 bits per heavy atom. The van der Waals surface area contributed by atoms with Crippen molar-refractivity contribution in [3.63, 3.8) is 0 Å². The molecule has 0 N–H and O–H groups in total. The molecule has 0 amide bonds. The van der Waals surface area contributed by atoms with Gasteiger partial charge in [-0.15, -0.1) is 47.0 Å². The van der Waals surface area contributed by atoms with Gasteiger partial charge in [0.05, 0.1) is 0 Å². The third-order valence-corrected chi connectivity index (χ3v) is 16.3. The van der Waals surface area contributed by atoms with Gasteiger partial charge in [0, 0.05) is 19.6 Å². The molecule has 0 aromatic heterocycles. The van der Waals surface area contributed by atoms with Crippen molar-refractivity contribution in [3.8, 4) is 22.3 Å². The molecule has 0 bridgehead atoms. The average Bonchev–Trinajstić information content (AvgIpc) is 3.32. The Balaban J connectivity index is 0.000000335. The zero-order valence-corrected chi connectivity index (χ0v) is 44.1. The van der Waals surface area contributed by atoms with E-state index in [1.807, 2.05) is 47.0 Å². The molecule has 0 atom stereocenters. The van der Waals surface area contributed by atoms with Crippen molar-refractivity contribution >= 4 is 47.0 Å². The molecule has 0 nitrogen and oxygen atoms in total. The monoisotopic (exact) mass is 927 g/mol. The Kier molecular flexibility index (Phi) is 34.8. The molecule has 63 heavy (non-hydrogen) atoms. The molecule has 0 radical (unpaired) electrons. The first kappa shape index (κ1) is 55.6. The number of unbranched alkanes of at least 4 members (excludes halogenated alkanes) is 23. The van der Waals surface area contributed by atoms with Gasteiger partial charge in [-0.3, -0.25) is 0 Å². The minimum atomic E-state index is 1.24. The van der Waals surface area contributed by atoms with Crippen molar-refractivity contribution in [2.75, 3.05) is 23.0 Å². The summed E-state index contributed by atoms with van der Waals surface area (Å²) in [5.41, 5.74) is 5.30. The van der Waals surface area contributed by atoms with Crippen LogP contribution < -0.4 is 0 Å². The molecular weight excluding hydrogens is 837 g/mol. The first-order valence-corrected chi connectivity index (χ1v) is 30.0. The maximum atomic E-state index is 2.30. The number of rotatable bonds is 37. The van der Waals surface area contributed by atoms with Crippen molar-refractivity contribution in [1.82, 2.24) is 0 Å². The van der Waals surface area contributed by atoms with E-state index < -0.39 is 0 Å². The van der Waals surface area contributed by atoms with Crippen LogP contribution in [0.15, 0.2) is 117 Å². The van der Waals surface area contributed by atoms with Crippen LogP contribution in [0.2, 0.25) is 0 Å². The van der Waals surface area contributed by atoms with Gasteiger partial charge >= 0.3 is 0 Å². The van der Waals surface area contributed by atoms with Crippen LogP contribution in [-0.2, 0) is 0 Å². The third-order valence-electron chi connectivity index (χ3n) is 11.9. The zero-order valence-electron chi connectivity index (χ0n) is 40.8. The molecule has 0 spiro atoms. The summed E-state index contributed by atoms with van der Waals surface area (Å²) in [5.74, 6) is 4.98. The van der Waals surface area contributed by atoms with E-state index in [0.717, 1.165) is 0 Å². The van der Waals surface area contributed by atoms with Gasteiger partial charge in [-0.1, -0.05) is 224 Å². The second-order valence-electron chi connectivity index (χ2n) is 17.6. The van der Waals surface area contributed by atoms with E-state index >= 15 is 0 Å². The molecule has 0 saturated carbocycles. The highest BCUT2D eigenvalue weighted by Gasteiger charge is 2.04. The predicted octanol–water partition coefficient (Wildman–Crippen LogP) is 21.7. The minimum absolute atomic E-state index is 1.24. The maximum absolute atomic E-state index is 2.30. The third kappa shape index (κ3) is 28.2. The molecule has 0 aliphatic carbocycles. The smallest absolute Gasteiger partial charge is 0.00723 e. The van der Waals surface area contributed by atoms with Gasteiger partial charge in [-0.2, -0.15) is 0 Å². The molecule has 0 fully saturated rings. The predicted molar refractivity (Wildman–Crippen MR) is 294 cm³/mol. The van der Waals surface area contributed by atoms with Gasteiger partial charge in [-0.05, 0) is 119 Å². The largest absolute Gasteiger partial charge is 0.126 e. The molecule has 4 rings (SSSR count). The molecule has 4 aromatic carbocycles. The van der Waals surface area contributed by atoms with Gasteiger partial charge in [0.25, 0.3) is 0 Å². The Labute approximate surface area is 407 Å². The summed E-state index contributed by atoms with van der Waals surface area (Å²) in [4.78, 5) is 5.61. The Morgan fingerprint density at radius 1 is 0.206 bits per heavy atom. The molecule has 0 saturated heterocycles. The first-order valence-electron chi connectivity index (χ1n) is 26.1. The van der Waals surface area contributed by atoms with Crippen molar-refractivity contribution in [2.24, 2.45) is 0 Å². The summed E-state index contributed by atoms with van der Waals surface area (Å²) >= 11 is 8.02. The molecule has 0 heterocycles. The van der Waals surface area contributed by atoms with Crippen LogP contribution in [0, 0.1) is 0 Å². The van der Waals surface area contributed by atoms with Crippen LogP contribution in [-0.4, -0.2) is 23.0 Å². The van der Waals surface area contributed by atoms with Crippen LogP contribution in [0.25, 0.3) is 22.3 Å². The number of thioether (sulfide) groups is 4. The number of hydrogen-bond donors (Lipinski definition) is 0. The molecular formula is C59H90S4. The number of benzene rings is 4. The summed E-state index contributed by atoms with van der Waals surface area (Å²) in [6.07, 6.45) is 37.6. The second-order valence-corrected chi connectivity index (χ2v) is 22.3. The van der Waals surface area contributed by atoms with E-state index in [4.69, 9.17) is 0 Å². The molecule has 0 aliphatic heterocycles. The summed E-state index contributed by atoms with van der Waals surface area (Å²) < 4.78 is 0. The van der Waals surface area contributed by atoms with Gasteiger partial charge < -0.3 is 0 Å². The fourth-order valence-corrected chi connectivity index (χ4v) is 11.4. The topological polar surface area (TPSA) is 0 Å². The van der Waals surface area contributed by atoms with Gasteiger partial charge in [0.1, 0.15) is 0 Å². The van der Waals surface area contributed by atoms with E-state index in [9.17, 15) is 0 Å². The van der Waals surface area contributed by atoms with Crippen LogP contribution in [0.1, 0.15) is 201 Å². The standard InChI is InChI=1S/C30H46S2.C29H44S2/c1-3-5-7-9-10-11-12-13-14-16-26-32-30-23-19-28(20-24-30)27-17-21-29(22-18-27)31-25-15-8-6-4-2;1-3-5-7-9-10-11-12-13-15-25-31-29-22-18-27(19-23-29)26-16-20-28(21-17-26)30-24-14-8-6-4-2/h17-24H,3-16,25-26H2,1-2H3;16-23H,3-15,24-25H2,1-2H3. The maximum Gasteiger partial charge on any atom is 0.00723 e. The molecule has 350 valence electrons. The lowest BCUT2D eigenvalue weighted by molar-refractivity contribution is 0.563. The highest BCUT2D eigenvalue weighted by molar-refractivity contribution is 8.00. The zero-order chi connectivity index (χ0) is 44.7. The first-order chi connectivity index (χ1) is 31.2. The molecule has 0 aliphatic rings. The summed E-state index contributed by atoms with van der Waals surface area (Å²) in [6, 6.07) is 36.6. The summed E-state index contributed by atoms with van der Waals surface area (Å²) in [7, 11) is 0. The fourth-order valence-electron chi connectivity index (χ4n) is 7.79. The van der Waals surface area contributed by atoms with Crippen molar-refractivity contribution in [1.29, 1.82) is 0 Å². The Bertz CT molecular complexity index is 1580. The van der Waals surface area contributed by atoms with Crippen molar-refractivity contribution in [2.45, 2.75) is 221 Å². The van der Waals surface area contributed by atoms with Gasteiger partial charge in [0.15, 0.2) is 0 Å². The van der Waals surface area contributed by atoms with E-state index in [-0.39, 0.29) is 0 Å². The Morgan fingerprint density at radius 2 is 0.365 bits per heavy atom. The van der Waals surface area contributed by atoms with Gasteiger partial charge in [0.2, 0.25) is 0 Å². The van der Waals surface area contributed by atoms with Crippen LogP contribution in [0.3, 0.4) is 0 Å².